The second-order valence-electron chi connectivity index (χ2n) is 4.10. The zero-order valence-electron chi connectivity index (χ0n) is 11.3. The largest absolute Gasteiger partial charge is 0.383 e. The van der Waals surface area contributed by atoms with Gasteiger partial charge < -0.3 is 4.74 Å². The van der Waals surface area contributed by atoms with Crippen LogP contribution >= 0.6 is 35.7 Å². The first-order chi connectivity index (χ1) is 9.65. The number of thioether (sulfide) groups is 2. The van der Waals surface area contributed by atoms with Crippen molar-refractivity contribution >= 4 is 52.0 Å². The Bertz CT molecular complexity index is 540. The summed E-state index contributed by atoms with van der Waals surface area (Å²) in [5.74, 6) is -0.0361. The molecule has 1 aromatic carbocycles. The van der Waals surface area contributed by atoms with Crippen LogP contribution in [0.2, 0.25) is 0 Å². The van der Waals surface area contributed by atoms with Crippen LogP contribution in [0.25, 0.3) is 6.08 Å². The lowest BCUT2D eigenvalue weighted by Crippen LogP contribution is -2.31. The highest BCUT2D eigenvalue weighted by atomic mass is 32.2. The Morgan fingerprint density at radius 1 is 1.40 bits per heavy atom. The maximum Gasteiger partial charge on any atom is 0.266 e. The smallest absolute Gasteiger partial charge is 0.266 e. The molecule has 20 heavy (non-hydrogen) atoms. The number of thiocarbonyl (C=S) groups is 1. The highest BCUT2D eigenvalue weighted by Gasteiger charge is 2.31. The molecule has 106 valence electrons. The quantitative estimate of drug-likeness (QED) is 0.471. The third kappa shape index (κ3) is 3.63. The van der Waals surface area contributed by atoms with Crippen LogP contribution in [0, 0.1) is 0 Å². The predicted octanol–water partition coefficient (Wildman–Crippen LogP) is 3.26. The van der Waals surface area contributed by atoms with E-state index in [1.54, 1.807) is 23.8 Å². The average Bonchev–Trinajstić information content (AvgIpc) is 2.72. The summed E-state index contributed by atoms with van der Waals surface area (Å²) in [6.07, 6.45) is 3.92. The molecule has 0 bridgehead atoms. The first kappa shape index (κ1) is 15.6. The molecule has 0 aliphatic carbocycles. The van der Waals surface area contributed by atoms with Gasteiger partial charge in [0, 0.05) is 12.0 Å². The van der Waals surface area contributed by atoms with E-state index in [9.17, 15) is 4.79 Å². The van der Waals surface area contributed by atoms with Crippen LogP contribution in [0.3, 0.4) is 0 Å². The third-order valence-electron chi connectivity index (χ3n) is 2.81. The standard InChI is InChI=1S/C14H15NO2S3/c1-17-8-7-15-13(16)12(20-14(15)18)9-10-3-5-11(19-2)6-4-10/h3-6,9H,7-8H2,1-2H3/b12-9-. The van der Waals surface area contributed by atoms with Crippen molar-refractivity contribution in [2.45, 2.75) is 4.90 Å². The molecule has 0 unspecified atom stereocenters. The van der Waals surface area contributed by atoms with E-state index in [0.717, 1.165) is 5.56 Å². The molecule has 1 heterocycles. The third-order valence-corrected chi connectivity index (χ3v) is 4.93. The summed E-state index contributed by atoms with van der Waals surface area (Å²) in [5, 5.41) is 0. The molecule has 1 saturated heterocycles. The SMILES string of the molecule is COCCN1C(=O)/C(=C/c2ccc(SC)cc2)SC1=S. The zero-order chi connectivity index (χ0) is 14.5. The van der Waals surface area contributed by atoms with Crippen molar-refractivity contribution in [3.8, 4) is 0 Å². The van der Waals surface area contributed by atoms with E-state index in [1.165, 1.54) is 16.7 Å². The van der Waals surface area contributed by atoms with Gasteiger partial charge in [-0.3, -0.25) is 9.69 Å². The van der Waals surface area contributed by atoms with Crippen LogP contribution in [-0.2, 0) is 9.53 Å². The number of methoxy groups -OCH3 is 1. The maximum absolute atomic E-state index is 12.2. The van der Waals surface area contributed by atoms with E-state index in [0.29, 0.717) is 22.4 Å². The van der Waals surface area contributed by atoms with Crippen molar-refractivity contribution in [3.63, 3.8) is 0 Å². The van der Waals surface area contributed by atoms with Gasteiger partial charge in [0.15, 0.2) is 0 Å². The molecule has 0 radical (unpaired) electrons. The van der Waals surface area contributed by atoms with Crippen LogP contribution in [-0.4, -0.2) is 41.6 Å². The molecule has 0 saturated carbocycles. The van der Waals surface area contributed by atoms with E-state index in [2.05, 4.69) is 0 Å². The number of amides is 1. The van der Waals surface area contributed by atoms with Crippen molar-refractivity contribution < 1.29 is 9.53 Å². The summed E-state index contributed by atoms with van der Waals surface area (Å²) >= 11 is 8.27. The second kappa shape index (κ2) is 7.26. The fraction of sp³-hybridized carbons (Fsp3) is 0.286. The Labute approximate surface area is 132 Å². The van der Waals surface area contributed by atoms with Gasteiger partial charge in [0.25, 0.3) is 5.91 Å². The van der Waals surface area contributed by atoms with Gasteiger partial charge in [0.2, 0.25) is 0 Å². The molecular weight excluding hydrogens is 310 g/mol. The normalized spacial score (nSPS) is 17.3. The molecule has 1 aliphatic rings. The van der Waals surface area contributed by atoms with Crippen LogP contribution in [0.5, 0.6) is 0 Å². The number of rotatable bonds is 5. The highest BCUT2D eigenvalue weighted by molar-refractivity contribution is 8.26. The lowest BCUT2D eigenvalue weighted by Gasteiger charge is -2.12. The molecule has 0 N–H and O–H groups in total. The molecule has 1 aliphatic heterocycles. The number of benzene rings is 1. The lowest BCUT2D eigenvalue weighted by molar-refractivity contribution is -0.122. The average molecular weight is 325 g/mol. The Balaban J connectivity index is 2.14. The van der Waals surface area contributed by atoms with Gasteiger partial charge in [-0.05, 0) is 30.0 Å². The van der Waals surface area contributed by atoms with Crippen molar-refractivity contribution in [3.05, 3.63) is 34.7 Å². The van der Waals surface area contributed by atoms with E-state index in [1.807, 2.05) is 36.6 Å². The summed E-state index contributed by atoms with van der Waals surface area (Å²) in [7, 11) is 1.61. The van der Waals surface area contributed by atoms with Gasteiger partial charge in [-0.15, -0.1) is 11.8 Å². The van der Waals surface area contributed by atoms with E-state index < -0.39 is 0 Å². The van der Waals surface area contributed by atoms with Gasteiger partial charge in [-0.25, -0.2) is 0 Å². The van der Waals surface area contributed by atoms with E-state index in [4.69, 9.17) is 17.0 Å². The van der Waals surface area contributed by atoms with Crippen LogP contribution in [0.15, 0.2) is 34.1 Å². The minimum atomic E-state index is -0.0361. The molecule has 2 rings (SSSR count). The summed E-state index contributed by atoms with van der Waals surface area (Å²) in [5.41, 5.74) is 1.01. The molecule has 0 atom stereocenters. The monoisotopic (exact) mass is 325 g/mol. The summed E-state index contributed by atoms with van der Waals surface area (Å²) in [6, 6.07) is 8.10. The number of nitrogens with zero attached hydrogens (tertiary/aromatic N) is 1. The molecule has 0 aromatic heterocycles. The van der Waals surface area contributed by atoms with Gasteiger partial charge in [-0.2, -0.15) is 0 Å². The van der Waals surface area contributed by atoms with Gasteiger partial charge >= 0.3 is 0 Å². The van der Waals surface area contributed by atoms with Gasteiger partial charge in [0.05, 0.1) is 18.1 Å². The number of ether oxygens (including phenoxy) is 1. The molecule has 3 nitrogen and oxygen atoms in total. The molecule has 0 spiro atoms. The zero-order valence-corrected chi connectivity index (χ0v) is 13.7. The molecule has 6 heteroatoms. The second-order valence-corrected chi connectivity index (χ2v) is 6.65. The molecule has 1 fully saturated rings. The number of carbonyl (C=O) groups excluding carboxylic acids is 1. The van der Waals surface area contributed by atoms with Crippen molar-refractivity contribution in [2.75, 3.05) is 26.5 Å². The maximum atomic E-state index is 12.2. The number of carbonyl (C=O) groups is 1. The summed E-state index contributed by atoms with van der Waals surface area (Å²) in [6.45, 7) is 0.992. The first-order valence-electron chi connectivity index (χ1n) is 6.04. The van der Waals surface area contributed by atoms with Crippen molar-refractivity contribution in [2.24, 2.45) is 0 Å². The Kier molecular flexibility index (Phi) is 5.65. The van der Waals surface area contributed by atoms with E-state index >= 15 is 0 Å². The summed E-state index contributed by atoms with van der Waals surface area (Å²) < 4.78 is 5.59. The Hall–Kier alpha value is -0.820. The Morgan fingerprint density at radius 2 is 2.10 bits per heavy atom. The van der Waals surface area contributed by atoms with E-state index in [-0.39, 0.29) is 5.91 Å². The molecule has 1 amide bonds. The number of hydrogen-bond donors (Lipinski definition) is 0. The minimum absolute atomic E-state index is 0.0361. The number of hydrogen-bond acceptors (Lipinski definition) is 5. The van der Waals surface area contributed by atoms with Crippen LogP contribution in [0.1, 0.15) is 5.56 Å². The van der Waals surface area contributed by atoms with Gasteiger partial charge in [-0.1, -0.05) is 36.1 Å². The van der Waals surface area contributed by atoms with Crippen LogP contribution < -0.4 is 0 Å². The Morgan fingerprint density at radius 3 is 2.70 bits per heavy atom. The first-order valence-corrected chi connectivity index (χ1v) is 8.49. The molecule has 1 aromatic rings. The van der Waals surface area contributed by atoms with Crippen molar-refractivity contribution in [1.29, 1.82) is 0 Å². The molecular formula is C14H15NO2S3. The van der Waals surface area contributed by atoms with Crippen molar-refractivity contribution in [1.82, 2.24) is 4.90 Å². The lowest BCUT2D eigenvalue weighted by atomic mass is 10.2. The van der Waals surface area contributed by atoms with Crippen LogP contribution in [0.4, 0.5) is 0 Å². The minimum Gasteiger partial charge on any atom is -0.383 e. The van der Waals surface area contributed by atoms with Gasteiger partial charge in [0.1, 0.15) is 4.32 Å². The fourth-order valence-electron chi connectivity index (χ4n) is 1.73. The fourth-order valence-corrected chi connectivity index (χ4v) is 3.44. The highest BCUT2D eigenvalue weighted by Crippen LogP contribution is 2.32. The topological polar surface area (TPSA) is 29.5 Å². The predicted molar refractivity (Wildman–Crippen MR) is 90.0 cm³/mol. The summed E-state index contributed by atoms with van der Waals surface area (Å²) in [4.78, 5) is 15.7.